The fourth-order valence-electron chi connectivity index (χ4n) is 3.81. The maximum atomic E-state index is 6.24. The number of aliphatic imine (C=N–C) groups is 2. The van der Waals surface area contributed by atoms with Gasteiger partial charge in [-0.25, -0.2) is 4.99 Å². The molecule has 116 valence electrons. The molecular weight excluding hydrogens is 286 g/mol. The first-order chi connectivity index (χ1) is 11.3. The number of benzene rings is 1. The zero-order valence-corrected chi connectivity index (χ0v) is 12.8. The predicted molar refractivity (Wildman–Crippen MR) is 92.2 cm³/mol. The zero-order chi connectivity index (χ0) is 15.4. The molecule has 0 amide bonds. The van der Waals surface area contributed by atoms with Crippen LogP contribution in [0.15, 0.2) is 52.8 Å². The molecular formula is C18H19N5. The fraction of sp³-hybridized carbons (Fsp3) is 0.333. The minimum Gasteiger partial charge on any atom is -0.385 e. The van der Waals surface area contributed by atoms with E-state index in [1.807, 2.05) is 12.4 Å². The third kappa shape index (κ3) is 1.86. The van der Waals surface area contributed by atoms with Gasteiger partial charge in [0.1, 0.15) is 23.8 Å². The highest BCUT2D eigenvalue weighted by atomic mass is 15.3. The lowest BCUT2D eigenvalue weighted by atomic mass is 9.84. The van der Waals surface area contributed by atoms with Crippen LogP contribution < -0.4 is 5.73 Å². The lowest BCUT2D eigenvalue weighted by Gasteiger charge is -2.34. The maximum absolute atomic E-state index is 6.24. The third-order valence-corrected chi connectivity index (χ3v) is 5.28. The Bertz CT molecular complexity index is 855. The Morgan fingerprint density at radius 1 is 1.22 bits per heavy atom. The molecule has 2 atom stereocenters. The smallest absolute Gasteiger partial charge is 0.125 e. The molecule has 5 rings (SSSR count). The summed E-state index contributed by atoms with van der Waals surface area (Å²) in [5.41, 5.74) is 8.59. The number of fused-ring (bicyclic) bond motifs is 2. The van der Waals surface area contributed by atoms with Crippen molar-refractivity contribution in [2.24, 2.45) is 21.6 Å². The van der Waals surface area contributed by atoms with Crippen molar-refractivity contribution in [2.75, 3.05) is 0 Å². The summed E-state index contributed by atoms with van der Waals surface area (Å²) in [5, 5.41) is 1.21. The number of nitrogens with one attached hydrogen (secondary N) is 1. The van der Waals surface area contributed by atoms with Crippen molar-refractivity contribution in [2.45, 2.75) is 31.3 Å². The van der Waals surface area contributed by atoms with Crippen molar-refractivity contribution in [3.8, 4) is 0 Å². The molecule has 2 aromatic rings. The Morgan fingerprint density at radius 3 is 2.96 bits per heavy atom. The van der Waals surface area contributed by atoms with Gasteiger partial charge < -0.3 is 15.6 Å². The van der Waals surface area contributed by atoms with E-state index < -0.39 is 0 Å². The Hall–Kier alpha value is -2.56. The molecule has 0 radical (unpaired) electrons. The summed E-state index contributed by atoms with van der Waals surface area (Å²) in [7, 11) is 0. The molecule has 1 aromatic carbocycles. The van der Waals surface area contributed by atoms with Gasteiger partial charge in [-0.2, -0.15) is 0 Å². The van der Waals surface area contributed by atoms with Crippen LogP contribution >= 0.6 is 0 Å². The lowest BCUT2D eigenvalue weighted by Crippen LogP contribution is -2.47. The summed E-state index contributed by atoms with van der Waals surface area (Å²) in [6.07, 6.45) is 9.56. The molecule has 1 aliphatic carbocycles. The van der Waals surface area contributed by atoms with Crippen LogP contribution in [0, 0.1) is 5.92 Å². The first kappa shape index (κ1) is 12.9. The van der Waals surface area contributed by atoms with E-state index in [4.69, 9.17) is 10.7 Å². The SMILES string of the molecule is NC1=NC=CN2C(C3CCC3)=NC(c3ccc4[nH]ccc4c3)C12. The van der Waals surface area contributed by atoms with Crippen molar-refractivity contribution in [1.82, 2.24) is 9.88 Å². The van der Waals surface area contributed by atoms with Gasteiger partial charge in [-0.05, 0) is 42.0 Å². The standard InChI is InChI=1S/C18H19N5/c19-17-16-15(13-4-5-14-12(10-13)6-7-20-14)22-18(11-2-1-3-11)23(16)9-8-21-17/h4-11,15-16,20H,1-3H2,(H2,19,21). The van der Waals surface area contributed by atoms with E-state index in [0.717, 1.165) is 5.52 Å². The van der Waals surface area contributed by atoms with Gasteiger partial charge in [0, 0.05) is 30.0 Å². The van der Waals surface area contributed by atoms with E-state index in [1.54, 1.807) is 6.20 Å². The van der Waals surface area contributed by atoms with E-state index in [1.165, 1.54) is 36.0 Å². The lowest BCUT2D eigenvalue weighted by molar-refractivity contribution is 0.370. The first-order valence-corrected chi connectivity index (χ1v) is 8.24. The van der Waals surface area contributed by atoms with Crippen LogP contribution in [0.25, 0.3) is 10.9 Å². The van der Waals surface area contributed by atoms with Crippen molar-refractivity contribution >= 4 is 22.6 Å². The van der Waals surface area contributed by atoms with E-state index >= 15 is 0 Å². The molecule has 3 aliphatic rings. The third-order valence-electron chi connectivity index (χ3n) is 5.28. The molecule has 1 fully saturated rings. The van der Waals surface area contributed by atoms with Crippen LogP contribution in [0.1, 0.15) is 30.9 Å². The van der Waals surface area contributed by atoms with Gasteiger partial charge in [0.2, 0.25) is 0 Å². The highest BCUT2D eigenvalue weighted by Crippen LogP contribution is 2.40. The van der Waals surface area contributed by atoms with Gasteiger partial charge in [-0.3, -0.25) is 4.99 Å². The van der Waals surface area contributed by atoms with Crippen molar-refractivity contribution in [1.29, 1.82) is 0 Å². The van der Waals surface area contributed by atoms with Gasteiger partial charge in [0.15, 0.2) is 0 Å². The molecule has 1 saturated carbocycles. The quantitative estimate of drug-likeness (QED) is 0.895. The molecule has 5 nitrogen and oxygen atoms in total. The van der Waals surface area contributed by atoms with Crippen LogP contribution in [0.5, 0.6) is 0 Å². The van der Waals surface area contributed by atoms with E-state index in [-0.39, 0.29) is 12.1 Å². The van der Waals surface area contributed by atoms with Crippen LogP contribution in [-0.2, 0) is 0 Å². The molecule has 5 heteroatoms. The Labute approximate surface area is 134 Å². The molecule has 2 unspecified atom stereocenters. The van der Waals surface area contributed by atoms with Crippen LogP contribution in [0.4, 0.5) is 0 Å². The first-order valence-electron chi connectivity index (χ1n) is 8.24. The van der Waals surface area contributed by atoms with Crippen molar-refractivity contribution in [3.05, 3.63) is 48.4 Å². The highest BCUT2D eigenvalue weighted by molar-refractivity contribution is 5.98. The van der Waals surface area contributed by atoms with Gasteiger partial charge in [-0.15, -0.1) is 0 Å². The summed E-state index contributed by atoms with van der Waals surface area (Å²) in [6, 6.07) is 8.64. The zero-order valence-electron chi connectivity index (χ0n) is 12.8. The van der Waals surface area contributed by atoms with Gasteiger partial charge >= 0.3 is 0 Å². The second kappa shape index (κ2) is 4.72. The topological polar surface area (TPSA) is 69.8 Å². The number of nitrogens with zero attached hydrogens (tertiary/aromatic N) is 3. The minimum absolute atomic E-state index is 0.0204. The summed E-state index contributed by atoms with van der Waals surface area (Å²) in [5.74, 6) is 2.42. The number of aromatic nitrogens is 1. The normalized spacial score (nSPS) is 26.9. The number of H-pyrrole nitrogens is 1. The van der Waals surface area contributed by atoms with E-state index in [2.05, 4.69) is 39.1 Å². The van der Waals surface area contributed by atoms with Crippen molar-refractivity contribution in [3.63, 3.8) is 0 Å². The Balaban J connectivity index is 1.60. The largest absolute Gasteiger partial charge is 0.385 e. The van der Waals surface area contributed by atoms with Crippen LogP contribution in [-0.4, -0.2) is 27.6 Å². The summed E-state index contributed by atoms with van der Waals surface area (Å²) in [4.78, 5) is 14.9. The average Bonchev–Trinajstić information content (AvgIpc) is 3.10. The molecule has 0 saturated heterocycles. The highest BCUT2D eigenvalue weighted by Gasteiger charge is 2.43. The number of hydrogen-bond donors (Lipinski definition) is 2. The summed E-state index contributed by atoms with van der Waals surface area (Å²) >= 11 is 0. The number of nitrogens with two attached hydrogens (primary N) is 1. The van der Waals surface area contributed by atoms with Gasteiger partial charge in [0.05, 0.1) is 0 Å². The molecule has 3 N–H and O–H groups in total. The van der Waals surface area contributed by atoms with E-state index in [0.29, 0.717) is 11.8 Å². The predicted octanol–water partition coefficient (Wildman–Crippen LogP) is 2.93. The minimum atomic E-state index is 0.0204. The van der Waals surface area contributed by atoms with Crippen LogP contribution in [0.3, 0.4) is 0 Å². The monoisotopic (exact) mass is 305 g/mol. The summed E-state index contributed by atoms with van der Waals surface area (Å²) < 4.78 is 0. The average molecular weight is 305 g/mol. The second-order valence-electron chi connectivity index (χ2n) is 6.59. The summed E-state index contributed by atoms with van der Waals surface area (Å²) in [6.45, 7) is 0. The molecule has 23 heavy (non-hydrogen) atoms. The number of aromatic amines is 1. The van der Waals surface area contributed by atoms with Crippen LogP contribution in [0.2, 0.25) is 0 Å². The fourth-order valence-corrected chi connectivity index (χ4v) is 3.81. The van der Waals surface area contributed by atoms with Crippen molar-refractivity contribution < 1.29 is 0 Å². The van der Waals surface area contributed by atoms with Gasteiger partial charge in [0.25, 0.3) is 0 Å². The number of amidine groups is 2. The Kier molecular flexibility index (Phi) is 2.65. The molecule has 3 heterocycles. The molecule has 0 spiro atoms. The van der Waals surface area contributed by atoms with E-state index in [9.17, 15) is 0 Å². The Morgan fingerprint density at radius 2 is 2.13 bits per heavy atom. The number of hydrogen-bond acceptors (Lipinski definition) is 4. The second-order valence-corrected chi connectivity index (χ2v) is 6.59. The molecule has 1 aromatic heterocycles. The van der Waals surface area contributed by atoms with Gasteiger partial charge in [-0.1, -0.05) is 12.5 Å². The number of rotatable bonds is 2. The molecule has 0 bridgehead atoms. The molecule has 2 aliphatic heterocycles. The maximum Gasteiger partial charge on any atom is 0.125 e.